The van der Waals surface area contributed by atoms with Gasteiger partial charge in [0, 0.05) is 12.1 Å². The number of hydrogen-bond acceptors (Lipinski definition) is 1. The lowest BCUT2D eigenvalue weighted by atomic mass is 10.0. The Balaban J connectivity index is 0.00000441. The van der Waals surface area contributed by atoms with Gasteiger partial charge in [0.15, 0.2) is 18.9 Å². The first-order chi connectivity index (χ1) is 10.3. The predicted molar refractivity (Wildman–Crippen MR) is 89.1 cm³/mol. The lowest BCUT2D eigenvalue weighted by Crippen LogP contribution is -3.00. The van der Waals surface area contributed by atoms with Gasteiger partial charge in [0.2, 0.25) is 0 Å². The zero-order valence-electron chi connectivity index (χ0n) is 14.2. The molecule has 3 heteroatoms. The molecule has 0 radical (unpaired) electrons. The summed E-state index contributed by atoms with van der Waals surface area (Å²) < 4.78 is 2.06. The van der Waals surface area contributed by atoms with E-state index in [0.717, 1.165) is 19.4 Å². The average molecular weight is 328 g/mol. The number of aliphatic hydroxyl groups is 1. The topological polar surface area (TPSA) is 24.1 Å². The van der Waals surface area contributed by atoms with Crippen molar-refractivity contribution < 1.29 is 22.1 Å². The van der Waals surface area contributed by atoms with Crippen LogP contribution < -0.4 is 17.0 Å². The molecular weight excluding hydrogens is 294 g/mol. The monoisotopic (exact) mass is 327 g/mol. The Hall–Kier alpha value is -0.600. The highest BCUT2D eigenvalue weighted by molar-refractivity contribution is 4.83. The van der Waals surface area contributed by atoms with Crippen molar-refractivity contribution in [3.8, 4) is 0 Å². The quantitative estimate of drug-likeness (QED) is 0.432. The van der Waals surface area contributed by atoms with Gasteiger partial charge < -0.3 is 17.5 Å². The lowest BCUT2D eigenvalue weighted by Gasteiger charge is -2.07. The van der Waals surface area contributed by atoms with Crippen LogP contribution in [0.15, 0.2) is 30.6 Å². The molecule has 0 aliphatic heterocycles. The highest BCUT2D eigenvalue weighted by Gasteiger charge is 2.09. The van der Waals surface area contributed by atoms with Crippen LogP contribution in [0.2, 0.25) is 0 Å². The first kappa shape index (κ1) is 21.4. The molecule has 1 heterocycles. The van der Waals surface area contributed by atoms with Crippen LogP contribution in [-0.4, -0.2) is 11.2 Å². The second kappa shape index (κ2) is 15.3. The maximum atomic E-state index is 10.0. The fraction of sp³-hybridized carbons (Fsp3) is 0.737. The van der Waals surface area contributed by atoms with Gasteiger partial charge in [0.05, 0.1) is 0 Å². The Morgan fingerprint density at radius 1 is 0.773 bits per heavy atom. The molecule has 1 atom stereocenters. The molecule has 0 saturated heterocycles. The van der Waals surface area contributed by atoms with Crippen molar-refractivity contribution in [1.82, 2.24) is 0 Å². The third kappa shape index (κ3) is 12.0. The van der Waals surface area contributed by atoms with E-state index in [1.54, 1.807) is 0 Å². The maximum absolute atomic E-state index is 10.0. The van der Waals surface area contributed by atoms with Gasteiger partial charge in [-0.25, -0.2) is 4.57 Å². The number of aromatic nitrogens is 1. The van der Waals surface area contributed by atoms with Crippen LogP contribution in [0.25, 0.3) is 0 Å². The number of hydrogen-bond donors (Lipinski definition) is 1. The zero-order valence-corrected chi connectivity index (χ0v) is 15.0. The minimum absolute atomic E-state index is 0. The Morgan fingerprint density at radius 2 is 1.27 bits per heavy atom. The van der Waals surface area contributed by atoms with Gasteiger partial charge >= 0.3 is 0 Å². The molecular formula is C19H34ClNO. The van der Waals surface area contributed by atoms with Gasteiger partial charge in [0.1, 0.15) is 6.10 Å². The van der Waals surface area contributed by atoms with Crippen LogP contribution >= 0.6 is 0 Å². The second-order valence-corrected chi connectivity index (χ2v) is 6.20. The Bertz CT molecular complexity index is 331. The first-order valence-electron chi connectivity index (χ1n) is 8.95. The van der Waals surface area contributed by atoms with Crippen LogP contribution in [-0.2, 0) is 6.54 Å². The van der Waals surface area contributed by atoms with Gasteiger partial charge in [0.25, 0.3) is 0 Å². The molecule has 1 aromatic rings. The Kier molecular flexibility index (Phi) is 14.9. The molecule has 1 unspecified atom stereocenters. The summed E-state index contributed by atoms with van der Waals surface area (Å²) in [5.41, 5.74) is 0. The molecule has 0 fully saturated rings. The molecule has 1 rings (SSSR count). The summed E-state index contributed by atoms with van der Waals surface area (Å²) in [7, 11) is 0. The van der Waals surface area contributed by atoms with Crippen molar-refractivity contribution in [1.29, 1.82) is 0 Å². The molecule has 0 saturated carbocycles. The summed E-state index contributed by atoms with van der Waals surface area (Å²) >= 11 is 0. The summed E-state index contributed by atoms with van der Waals surface area (Å²) in [5.74, 6) is 0. The van der Waals surface area contributed by atoms with Crippen LogP contribution in [0.4, 0.5) is 0 Å². The van der Waals surface area contributed by atoms with Gasteiger partial charge in [-0.3, -0.25) is 0 Å². The fourth-order valence-electron chi connectivity index (χ4n) is 2.76. The standard InChI is InChI=1S/C19H34NO.ClH/c1-2-3-4-5-6-7-8-9-10-12-15-19(21)18-20-16-13-11-14-17-20;/h11,13-14,16-17,19,21H,2-10,12,15,18H2,1H3;1H/q+1;/p-1. The predicted octanol–water partition coefficient (Wildman–Crippen LogP) is 1.65. The van der Waals surface area contributed by atoms with Gasteiger partial charge in [-0.2, -0.15) is 0 Å². The van der Waals surface area contributed by atoms with Crippen molar-refractivity contribution in [2.75, 3.05) is 0 Å². The van der Waals surface area contributed by atoms with Crippen LogP contribution in [0.3, 0.4) is 0 Å². The van der Waals surface area contributed by atoms with Crippen LogP contribution in [0, 0.1) is 0 Å². The largest absolute Gasteiger partial charge is 1.00 e. The summed E-state index contributed by atoms with van der Waals surface area (Å²) in [5, 5.41) is 10.0. The highest BCUT2D eigenvalue weighted by Crippen LogP contribution is 2.12. The molecule has 22 heavy (non-hydrogen) atoms. The van der Waals surface area contributed by atoms with Gasteiger partial charge in [-0.15, -0.1) is 0 Å². The summed E-state index contributed by atoms with van der Waals surface area (Å²) in [4.78, 5) is 0. The highest BCUT2D eigenvalue weighted by atomic mass is 35.5. The van der Waals surface area contributed by atoms with E-state index in [0.29, 0.717) is 0 Å². The minimum Gasteiger partial charge on any atom is -1.00 e. The molecule has 2 nitrogen and oxygen atoms in total. The molecule has 0 amide bonds. The van der Waals surface area contributed by atoms with E-state index >= 15 is 0 Å². The van der Waals surface area contributed by atoms with Gasteiger partial charge in [-0.1, -0.05) is 77.2 Å². The number of rotatable bonds is 13. The number of pyridine rings is 1. The normalized spacial score (nSPS) is 11.9. The van der Waals surface area contributed by atoms with E-state index in [4.69, 9.17) is 0 Å². The van der Waals surface area contributed by atoms with Crippen molar-refractivity contribution in [3.63, 3.8) is 0 Å². The number of nitrogens with zero attached hydrogens (tertiary/aromatic N) is 1. The fourth-order valence-corrected chi connectivity index (χ4v) is 2.76. The maximum Gasteiger partial charge on any atom is 0.174 e. The molecule has 0 bridgehead atoms. The van der Waals surface area contributed by atoms with Crippen molar-refractivity contribution in [2.45, 2.75) is 90.2 Å². The molecule has 1 aromatic heterocycles. The number of unbranched alkanes of at least 4 members (excludes halogenated alkanes) is 9. The SMILES string of the molecule is CCCCCCCCCCCCC(O)C[n+]1ccccc1.[Cl-]. The lowest BCUT2D eigenvalue weighted by molar-refractivity contribution is -0.703. The molecule has 128 valence electrons. The van der Waals surface area contributed by atoms with Crippen molar-refractivity contribution in [3.05, 3.63) is 30.6 Å². The molecule has 0 aromatic carbocycles. The molecule has 0 aliphatic carbocycles. The Labute approximate surface area is 143 Å². The van der Waals surface area contributed by atoms with E-state index < -0.39 is 0 Å². The Morgan fingerprint density at radius 3 is 1.82 bits per heavy atom. The zero-order chi connectivity index (χ0) is 15.2. The van der Waals surface area contributed by atoms with Crippen LogP contribution in [0.1, 0.15) is 77.6 Å². The van der Waals surface area contributed by atoms with Crippen molar-refractivity contribution in [2.24, 2.45) is 0 Å². The van der Waals surface area contributed by atoms with Crippen LogP contribution in [0.5, 0.6) is 0 Å². The van der Waals surface area contributed by atoms with E-state index in [-0.39, 0.29) is 18.5 Å². The third-order valence-corrected chi connectivity index (χ3v) is 4.09. The van der Waals surface area contributed by atoms with E-state index in [9.17, 15) is 5.11 Å². The third-order valence-electron chi connectivity index (χ3n) is 4.09. The molecule has 0 spiro atoms. The smallest absolute Gasteiger partial charge is 0.174 e. The van der Waals surface area contributed by atoms with Crippen molar-refractivity contribution >= 4 is 0 Å². The number of aliphatic hydroxyl groups excluding tert-OH is 1. The van der Waals surface area contributed by atoms with E-state index in [2.05, 4.69) is 11.5 Å². The van der Waals surface area contributed by atoms with Gasteiger partial charge in [-0.05, 0) is 6.42 Å². The molecule has 0 aliphatic rings. The molecule has 1 N–H and O–H groups in total. The minimum atomic E-state index is -0.202. The average Bonchev–Trinajstić information content (AvgIpc) is 2.50. The summed E-state index contributed by atoms with van der Waals surface area (Å²) in [6.45, 7) is 2.99. The summed E-state index contributed by atoms with van der Waals surface area (Å²) in [6.07, 6.45) is 18.3. The summed E-state index contributed by atoms with van der Waals surface area (Å²) in [6, 6.07) is 6.02. The number of halogens is 1. The van der Waals surface area contributed by atoms with E-state index in [1.807, 2.05) is 30.6 Å². The second-order valence-electron chi connectivity index (χ2n) is 6.20. The first-order valence-corrected chi connectivity index (χ1v) is 8.95. The van der Waals surface area contributed by atoms with E-state index in [1.165, 1.54) is 57.8 Å².